The molecule has 0 N–H and O–H groups in total. The highest BCUT2D eigenvalue weighted by Crippen LogP contribution is 2.33. The zero-order valence-corrected chi connectivity index (χ0v) is 19.3. The standard InChI is InChI=1S/C24H28N4O3S/c1-16-7-6-11-27(14-16)24(29)20-13-21(18-8-4-3-5-9-18)25-23-22(20)17(2)26-28(23)19-10-12-32(30,31)15-19/h3-5,8-9,13,16,19H,6-7,10-12,14-15H2,1-2H3/t16-,19+/m0/s1. The van der Waals surface area contributed by atoms with Crippen molar-refractivity contribution in [2.24, 2.45) is 5.92 Å². The van der Waals surface area contributed by atoms with Crippen molar-refractivity contribution in [2.45, 2.75) is 39.2 Å². The summed E-state index contributed by atoms with van der Waals surface area (Å²) in [6, 6.07) is 11.4. The molecule has 2 atom stereocenters. The van der Waals surface area contributed by atoms with Crippen LogP contribution in [0.3, 0.4) is 0 Å². The molecule has 2 aliphatic rings. The molecule has 5 rings (SSSR count). The highest BCUT2D eigenvalue weighted by Gasteiger charge is 2.33. The van der Waals surface area contributed by atoms with Crippen LogP contribution in [0.15, 0.2) is 36.4 Å². The van der Waals surface area contributed by atoms with Crippen LogP contribution in [0, 0.1) is 12.8 Å². The lowest BCUT2D eigenvalue weighted by Crippen LogP contribution is -2.39. The SMILES string of the molecule is Cc1nn([C@@H]2CCS(=O)(=O)C2)c2nc(-c3ccccc3)cc(C(=O)N3CCC[C@H](C)C3)c12. The van der Waals surface area contributed by atoms with E-state index >= 15 is 0 Å². The van der Waals surface area contributed by atoms with Crippen molar-refractivity contribution >= 4 is 26.8 Å². The number of pyridine rings is 1. The number of benzene rings is 1. The summed E-state index contributed by atoms with van der Waals surface area (Å²) in [5.74, 6) is 0.704. The van der Waals surface area contributed by atoms with Crippen LogP contribution >= 0.6 is 0 Å². The summed E-state index contributed by atoms with van der Waals surface area (Å²) in [7, 11) is -3.08. The van der Waals surface area contributed by atoms with Crippen molar-refractivity contribution < 1.29 is 13.2 Å². The van der Waals surface area contributed by atoms with Crippen molar-refractivity contribution in [1.82, 2.24) is 19.7 Å². The maximum atomic E-state index is 13.7. The van der Waals surface area contributed by atoms with Crippen LogP contribution in [0.4, 0.5) is 0 Å². The van der Waals surface area contributed by atoms with Crippen LogP contribution in [0.25, 0.3) is 22.3 Å². The maximum Gasteiger partial charge on any atom is 0.254 e. The molecule has 0 radical (unpaired) electrons. The van der Waals surface area contributed by atoms with Gasteiger partial charge >= 0.3 is 0 Å². The number of aromatic nitrogens is 3. The molecule has 0 aliphatic carbocycles. The van der Waals surface area contributed by atoms with E-state index in [1.54, 1.807) is 4.68 Å². The molecule has 2 aliphatic heterocycles. The second kappa shape index (κ2) is 7.99. The molecule has 2 saturated heterocycles. The molecule has 0 bridgehead atoms. The van der Waals surface area contributed by atoms with Gasteiger partial charge in [-0.1, -0.05) is 37.3 Å². The fourth-order valence-corrected chi connectivity index (χ4v) is 6.70. The highest BCUT2D eigenvalue weighted by atomic mass is 32.2. The Kier molecular flexibility index (Phi) is 5.28. The third-order valence-corrected chi connectivity index (χ3v) is 8.39. The molecule has 8 heteroatoms. The number of nitrogens with zero attached hydrogens (tertiary/aromatic N) is 4. The monoisotopic (exact) mass is 452 g/mol. The van der Waals surface area contributed by atoms with Crippen molar-refractivity contribution in [3.63, 3.8) is 0 Å². The summed E-state index contributed by atoms with van der Waals surface area (Å²) < 4.78 is 26.0. The van der Waals surface area contributed by atoms with Crippen LogP contribution in [0.5, 0.6) is 0 Å². The predicted molar refractivity (Wildman–Crippen MR) is 124 cm³/mol. The van der Waals surface area contributed by atoms with Gasteiger partial charge in [0.2, 0.25) is 0 Å². The van der Waals surface area contributed by atoms with E-state index in [2.05, 4.69) is 6.92 Å². The molecule has 7 nitrogen and oxygen atoms in total. The second-order valence-electron chi connectivity index (χ2n) is 9.21. The molecule has 2 fully saturated rings. The number of carbonyl (C=O) groups is 1. The van der Waals surface area contributed by atoms with Crippen molar-refractivity contribution in [2.75, 3.05) is 24.6 Å². The molecule has 32 heavy (non-hydrogen) atoms. The third-order valence-electron chi connectivity index (χ3n) is 6.64. The normalized spacial score (nSPS) is 23.0. The van der Waals surface area contributed by atoms with Gasteiger partial charge in [-0.3, -0.25) is 4.79 Å². The third kappa shape index (κ3) is 3.81. The van der Waals surface area contributed by atoms with Crippen LogP contribution in [-0.4, -0.2) is 58.6 Å². The quantitative estimate of drug-likeness (QED) is 0.606. The minimum absolute atomic E-state index is 0.00262. The average Bonchev–Trinajstić information content (AvgIpc) is 3.32. The Bertz CT molecular complexity index is 1280. The molecule has 0 spiro atoms. The van der Waals surface area contributed by atoms with E-state index in [0.29, 0.717) is 34.9 Å². The van der Waals surface area contributed by atoms with E-state index in [9.17, 15) is 13.2 Å². The first kappa shape index (κ1) is 21.1. The van der Waals surface area contributed by atoms with Crippen LogP contribution in [0.1, 0.15) is 48.3 Å². The first-order chi connectivity index (χ1) is 15.3. The van der Waals surface area contributed by atoms with Gasteiger partial charge in [-0.25, -0.2) is 18.1 Å². The summed E-state index contributed by atoms with van der Waals surface area (Å²) >= 11 is 0. The fraction of sp³-hybridized carbons (Fsp3) is 0.458. The second-order valence-corrected chi connectivity index (χ2v) is 11.4. The van der Waals surface area contributed by atoms with E-state index in [0.717, 1.165) is 36.9 Å². The highest BCUT2D eigenvalue weighted by molar-refractivity contribution is 7.91. The van der Waals surface area contributed by atoms with E-state index in [-0.39, 0.29) is 23.5 Å². The number of sulfone groups is 1. The number of likely N-dealkylation sites (tertiary alicyclic amines) is 1. The number of amides is 1. The summed E-state index contributed by atoms with van der Waals surface area (Å²) in [6.45, 7) is 5.56. The van der Waals surface area contributed by atoms with Gasteiger partial charge < -0.3 is 4.90 Å². The molecular formula is C24H28N4O3S. The van der Waals surface area contributed by atoms with Gasteiger partial charge in [-0.2, -0.15) is 5.10 Å². The van der Waals surface area contributed by atoms with Crippen molar-refractivity contribution in [3.8, 4) is 11.3 Å². The van der Waals surface area contributed by atoms with E-state index < -0.39 is 9.84 Å². The first-order valence-electron chi connectivity index (χ1n) is 11.3. The van der Waals surface area contributed by atoms with Gasteiger partial charge in [-0.15, -0.1) is 0 Å². The summed E-state index contributed by atoms with van der Waals surface area (Å²) in [6.07, 6.45) is 2.66. The Morgan fingerprint density at radius 1 is 1.16 bits per heavy atom. The molecule has 0 unspecified atom stereocenters. The predicted octanol–water partition coefficient (Wildman–Crippen LogP) is 3.64. The lowest BCUT2D eigenvalue weighted by atomic mass is 9.98. The van der Waals surface area contributed by atoms with Gasteiger partial charge in [0.05, 0.1) is 39.9 Å². The number of hydrogen-bond acceptors (Lipinski definition) is 5. The van der Waals surface area contributed by atoms with E-state index in [1.807, 2.05) is 48.2 Å². The average molecular weight is 453 g/mol. The molecule has 1 amide bonds. The number of piperidine rings is 1. The molecule has 168 valence electrons. The van der Waals surface area contributed by atoms with Crippen molar-refractivity contribution in [1.29, 1.82) is 0 Å². The maximum absolute atomic E-state index is 13.7. The fourth-order valence-electron chi connectivity index (χ4n) is 5.01. The van der Waals surface area contributed by atoms with E-state index in [1.165, 1.54) is 0 Å². The first-order valence-corrected chi connectivity index (χ1v) is 13.1. The zero-order valence-electron chi connectivity index (χ0n) is 18.5. The molecule has 1 aromatic carbocycles. The summed E-state index contributed by atoms with van der Waals surface area (Å²) in [5.41, 5.74) is 3.53. The lowest BCUT2D eigenvalue weighted by Gasteiger charge is -2.31. The minimum atomic E-state index is -3.08. The Balaban J connectivity index is 1.69. The molecule has 2 aromatic heterocycles. The van der Waals surface area contributed by atoms with Gasteiger partial charge in [0, 0.05) is 18.7 Å². The lowest BCUT2D eigenvalue weighted by molar-refractivity contribution is 0.0685. The Morgan fingerprint density at radius 3 is 2.62 bits per heavy atom. The van der Waals surface area contributed by atoms with Crippen LogP contribution in [0.2, 0.25) is 0 Å². The number of carbonyl (C=O) groups excluding carboxylic acids is 1. The number of hydrogen-bond donors (Lipinski definition) is 0. The van der Waals surface area contributed by atoms with Gasteiger partial charge in [0.1, 0.15) is 0 Å². The Morgan fingerprint density at radius 2 is 1.94 bits per heavy atom. The topological polar surface area (TPSA) is 85.2 Å². The summed E-state index contributed by atoms with van der Waals surface area (Å²) in [4.78, 5) is 20.5. The van der Waals surface area contributed by atoms with Gasteiger partial charge in [0.15, 0.2) is 15.5 Å². The summed E-state index contributed by atoms with van der Waals surface area (Å²) in [5, 5.41) is 5.43. The molecule has 4 heterocycles. The number of rotatable bonds is 3. The number of aryl methyl sites for hydroxylation is 1. The van der Waals surface area contributed by atoms with Crippen LogP contribution in [-0.2, 0) is 9.84 Å². The Labute approximate surface area is 188 Å². The van der Waals surface area contributed by atoms with E-state index in [4.69, 9.17) is 10.1 Å². The molecular weight excluding hydrogens is 424 g/mol. The van der Waals surface area contributed by atoms with Gasteiger partial charge in [0.25, 0.3) is 5.91 Å². The van der Waals surface area contributed by atoms with Crippen molar-refractivity contribution in [3.05, 3.63) is 47.7 Å². The number of fused-ring (bicyclic) bond motifs is 1. The Hall–Kier alpha value is -2.74. The molecule has 3 aromatic rings. The largest absolute Gasteiger partial charge is 0.338 e. The molecule has 0 saturated carbocycles. The van der Waals surface area contributed by atoms with Crippen LogP contribution < -0.4 is 0 Å². The smallest absolute Gasteiger partial charge is 0.254 e. The zero-order chi connectivity index (χ0) is 22.5. The minimum Gasteiger partial charge on any atom is -0.338 e. The van der Waals surface area contributed by atoms with Gasteiger partial charge in [-0.05, 0) is 38.2 Å².